The van der Waals surface area contributed by atoms with Gasteiger partial charge in [0.05, 0.1) is 5.88 Å². The van der Waals surface area contributed by atoms with Gasteiger partial charge in [-0.15, -0.1) is 11.8 Å². The van der Waals surface area contributed by atoms with Gasteiger partial charge in [0.1, 0.15) is 11.9 Å². The zero-order valence-electron chi connectivity index (χ0n) is 12.8. The molecule has 4 nitrogen and oxygen atoms in total. The summed E-state index contributed by atoms with van der Waals surface area (Å²) < 4.78 is 12.9. The van der Waals surface area contributed by atoms with Gasteiger partial charge >= 0.3 is 0 Å². The lowest BCUT2D eigenvalue weighted by atomic mass is 10.2. The van der Waals surface area contributed by atoms with Gasteiger partial charge < -0.3 is 9.80 Å². The maximum atomic E-state index is 12.9. The maximum Gasteiger partial charge on any atom is 0.247 e. The number of amides is 2. The molecule has 23 heavy (non-hydrogen) atoms. The topological polar surface area (TPSA) is 40.6 Å². The van der Waals surface area contributed by atoms with Crippen molar-refractivity contribution in [1.29, 1.82) is 0 Å². The largest absolute Gasteiger partial charge is 0.341 e. The number of benzene rings is 1. The first kappa shape index (κ1) is 16.1. The molecule has 122 valence electrons. The summed E-state index contributed by atoms with van der Waals surface area (Å²) in [5.41, 5.74) is 0.758. The van der Waals surface area contributed by atoms with Crippen LogP contribution in [0.5, 0.6) is 0 Å². The fourth-order valence-electron chi connectivity index (χ4n) is 2.85. The third-order valence-electron chi connectivity index (χ3n) is 4.16. The highest BCUT2D eigenvalue weighted by atomic mass is 32.2. The van der Waals surface area contributed by atoms with Crippen LogP contribution >= 0.6 is 11.8 Å². The summed E-state index contributed by atoms with van der Waals surface area (Å²) in [5.74, 6) is 0.788. The van der Waals surface area contributed by atoms with Crippen LogP contribution in [-0.4, -0.2) is 52.4 Å². The Kier molecular flexibility index (Phi) is 5.00. The molecule has 0 aromatic heterocycles. The molecular weight excluding hydrogens is 315 g/mol. The Balaban J connectivity index is 1.65. The Morgan fingerprint density at radius 2 is 1.87 bits per heavy atom. The van der Waals surface area contributed by atoms with Crippen molar-refractivity contribution in [3.63, 3.8) is 0 Å². The summed E-state index contributed by atoms with van der Waals surface area (Å²) in [5, 5.41) is 0. The van der Waals surface area contributed by atoms with Crippen LogP contribution in [0.25, 0.3) is 6.08 Å². The highest BCUT2D eigenvalue weighted by Gasteiger charge is 2.36. The van der Waals surface area contributed by atoms with Crippen LogP contribution in [0.2, 0.25) is 0 Å². The fourth-order valence-corrected chi connectivity index (χ4v) is 4.00. The van der Waals surface area contributed by atoms with Crippen molar-refractivity contribution in [2.45, 2.75) is 18.9 Å². The summed E-state index contributed by atoms with van der Waals surface area (Å²) in [6.07, 6.45) is 5.21. The van der Waals surface area contributed by atoms with Crippen LogP contribution in [0.1, 0.15) is 18.4 Å². The third-order valence-corrected chi connectivity index (χ3v) is 5.17. The molecular formula is C17H19FN2O2S. The summed E-state index contributed by atoms with van der Waals surface area (Å²) >= 11 is 1.60. The lowest BCUT2D eigenvalue weighted by Gasteiger charge is -2.26. The Morgan fingerprint density at radius 3 is 2.57 bits per heavy atom. The predicted molar refractivity (Wildman–Crippen MR) is 89.2 cm³/mol. The molecule has 0 saturated carbocycles. The quantitative estimate of drug-likeness (QED) is 0.797. The van der Waals surface area contributed by atoms with Crippen LogP contribution < -0.4 is 0 Å². The first-order valence-corrected chi connectivity index (χ1v) is 8.91. The molecule has 1 atom stereocenters. The smallest absolute Gasteiger partial charge is 0.247 e. The normalized spacial score (nSPS) is 21.3. The lowest BCUT2D eigenvalue weighted by Crippen LogP contribution is -2.47. The van der Waals surface area contributed by atoms with Gasteiger partial charge in [0, 0.05) is 24.9 Å². The predicted octanol–water partition coefficient (Wildman–Crippen LogP) is 2.36. The van der Waals surface area contributed by atoms with Gasteiger partial charge in [-0.3, -0.25) is 9.59 Å². The summed E-state index contributed by atoms with van der Waals surface area (Å²) in [6.45, 7) is 1.60. The molecule has 1 aromatic carbocycles. The Labute approximate surface area is 139 Å². The Bertz CT molecular complexity index is 612. The van der Waals surface area contributed by atoms with E-state index in [0.29, 0.717) is 11.6 Å². The second kappa shape index (κ2) is 7.17. The molecule has 0 spiro atoms. The average molecular weight is 334 g/mol. The molecule has 3 rings (SSSR count). The van der Waals surface area contributed by atoms with Crippen LogP contribution in [0, 0.1) is 5.82 Å². The van der Waals surface area contributed by atoms with E-state index < -0.39 is 0 Å². The molecule has 2 aliphatic heterocycles. The monoisotopic (exact) mass is 334 g/mol. The number of carbonyl (C=O) groups is 2. The molecule has 2 amide bonds. The minimum Gasteiger partial charge on any atom is -0.341 e. The van der Waals surface area contributed by atoms with E-state index in [1.165, 1.54) is 18.2 Å². The highest BCUT2D eigenvalue weighted by molar-refractivity contribution is 7.99. The molecule has 0 bridgehead atoms. The van der Waals surface area contributed by atoms with Gasteiger partial charge in [0.2, 0.25) is 11.8 Å². The SMILES string of the molecule is O=C(C1CSCN1C(=O)/C=C/c1ccc(F)cc1)N1CCCC1. The zero-order valence-corrected chi connectivity index (χ0v) is 13.6. The van der Waals surface area contributed by atoms with Gasteiger partial charge in [-0.05, 0) is 36.6 Å². The lowest BCUT2D eigenvalue weighted by molar-refractivity contribution is -0.140. The molecule has 0 aliphatic carbocycles. The second-order valence-corrected chi connectivity index (χ2v) is 6.74. The number of halogens is 1. The number of hydrogen-bond donors (Lipinski definition) is 0. The van der Waals surface area contributed by atoms with Crippen molar-refractivity contribution in [3.8, 4) is 0 Å². The maximum absolute atomic E-state index is 12.9. The third kappa shape index (κ3) is 3.75. The van der Waals surface area contributed by atoms with E-state index in [9.17, 15) is 14.0 Å². The van der Waals surface area contributed by atoms with Crippen molar-refractivity contribution in [2.75, 3.05) is 24.7 Å². The van der Waals surface area contributed by atoms with E-state index in [-0.39, 0.29) is 23.7 Å². The van der Waals surface area contributed by atoms with E-state index >= 15 is 0 Å². The van der Waals surface area contributed by atoms with Crippen molar-refractivity contribution in [2.24, 2.45) is 0 Å². The summed E-state index contributed by atoms with van der Waals surface area (Å²) in [7, 11) is 0. The first-order chi connectivity index (χ1) is 11.1. The summed E-state index contributed by atoms with van der Waals surface area (Å²) in [6, 6.07) is 5.59. The van der Waals surface area contributed by atoms with Crippen molar-refractivity contribution in [1.82, 2.24) is 9.80 Å². The van der Waals surface area contributed by atoms with E-state index in [1.807, 2.05) is 4.90 Å². The Hall–Kier alpha value is -1.82. The van der Waals surface area contributed by atoms with Crippen molar-refractivity contribution >= 4 is 29.7 Å². The highest BCUT2D eigenvalue weighted by Crippen LogP contribution is 2.24. The standard InChI is InChI=1S/C17H19FN2O2S/c18-14-6-3-13(4-7-14)5-8-16(21)20-12-23-11-15(20)17(22)19-9-1-2-10-19/h3-8,15H,1-2,9-12H2/b8-5+. The number of thioether (sulfide) groups is 1. The molecule has 0 N–H and O–H groups in total. The van der Waals surface area contributed by atoms with E-state index in [0.717, 1.165) is 31.5 Å². The molecule has 2 heterocycles. The molecule has 1 aromatic rings. The minimum absolute atomic E-state index is 0.0658. The van der Waals surface area contributed by atoms with E-state index in [2.05, 4.69) is 0 Å². The van der Waals surface area contributed by atoms with Crippen molar-refractivity contribution < 1.29 is 14.0 Å². The number of hydrogen-bond acceptors (Lipinski definition) is 3. The molecule has 6 heteroatoms. The zero-order chi connectivity index (χ0) is 16.2. The van der Waals surface area contributed by atoms with E-state index in [1.54, 1.807) is 34.9 Å². The van der Waals surface area contributed by atoms with Gasteiger partial charge in [0.15, 0.2) is 0 Å². The first-order valence-electron chi connectivity index (χ1n) is 7.76. The molecule has 2 saturated heterocycles. The van der Waals surface area contributed by atoms with Crippen LogP contribution in [0.4, 0.5) is 4.39 Å². The van der Waals surface area contributed by atoms with Crippen molar-refractivity contribution in [3.05, 3.63) is 41.7 Å². The van der Waals surface area contributed by atoms with Gasteiger partial charge in [-0.1, -0.05) is 12.1 Å². The van der Waals surface area contributed by atoms with Gasteiger partial charge in [0.25, 0.3) is 0 Å². The number of nitrogens with zero attached hydrogens (tertiary/aromatic N) is 2. The fraction of sp³-hybridized carbons (Fsp3) is 0.412. The number of likely N-dealkylation sites (tertiary alicyclic amines) is 1. The number of rotatable bonds is 3. The molecule has 0 radical (unpaired) electrons. The summed E-state index contributed by atoms with van der Waals surface area (Å²) in [4.78, 5) is 28.4. The minimum atomic E-state index is -0.358. The molecule has 2 fully saturated rings. The molecule has 2 aliphatic rings. The molecule has 1 unspecified atom stereocenters. The Morgan fingerprint density at radius 1 is 1.17 bits per heavy atom. The van der Waals surface area contributed by atoms with Crippen LogP contribution in [0.15, 0.2) is 30.3 Å². The van der Waals surface area contributed by atoms with Crippen LogP contribution in [0.3, 0.4) is 0 Å². The van der Waals surface area contributed by atoms with Crippen LogP contribution in [-0.2, 0) is 9.59 Å². The number of carbonyl (C=O) groups excluding carboxylic acids is 2. The average Bonchev–Trinajstić information content (AvgIpc) is 3.24. The van der Waals surface area contributed by atoms with E-state index in [4.69, 9.17) is 0 Å². The second-order valence-electron chi connectivity index (χ2n) is 5.74. The van der Waals surface area contributed by atoms with Gasteiger partial charge in [-0.2, -0.15) is 0 Å². The van der Waals surface area contributed by atoms with Gasteiger partial charge in [-0.25, -0.2) is 4.39 Å².